The first-order valence-electron chi connectivity index (χ1n) is 2.57. The zero-order chi connectivity index (χ0) is 8.43. The second kappa shape index (κ2) is 2.91. The van der Waals surface area contributed by atoms with E-state index in [1.54, 1.807) is 0 Å². The van der Waals surface area contributed by atoms with Gasteiger partial charge in [0.15, 0.2) is 4.60 Å². The first-order chi connectivity index (χ1) is 5.11. The molecule has 0 spiro atoms. The number of hydrogen-bond acceptors (Lipinski definition) is 3. The first kappa shape index (κ1) is 8.06. The molecule has 1 aromatic rings. The van der Waals surface area contributed by atoms with Crippen LogP contribution in [0.15, 0.2) is 16.7 Å². The second-order valence-corrected chi connectivity index (χ2v) is 2.45. The van der Waals surface area contributed by atoms with E-state index in [9.17, 15) is 14.5 Å². The van der Waals surface area contributed by atoms with Crippen molar-refractivity contribution in [2.24, 2.45) is 0 Å². The summed E-state index contributed by atoms with van der Waals surface area (Å²) < 4.78 is 12.2. The van der Waals surface area contributed by atoms with Gasteiger partial charge in [-0.2, -0.15) is 4.39 Å². The SMILES string of the molecule is O=[N+]([O-])c1ccc(F)nc1Br. The fourth-order valence-electron chi connectivity index (χ4n) is 0.541. The molecule has 4 nitrogen and oxygen atoms in total. The van der Waals surface area contributed by atoms with Crippen molar-refractivity contribution in [3.05, 3.63) is 32.8 Å². The van der Waals surface area contributed by atoms with Crippen LogP contribution in [0.4, 0.5) is 10.1 Å². The maximum Gasteiger partial charge on any atom is 0.302 e. The minimum Gasteiger partial charge on any atom is -0.258 e. The summed E-state index contributed by atoms with van der Waals surface area (Å²) in [5.74, 6) is -0.748. The van der Waals surface area contributed by atoms with Crippen LogP contribution < -0.4 is 0 Å². The summed E-state index contributed by atoms with van der Waals surface area (Å²) in [6.07, 6.45) is 0. The van der Waals surface area contributed by atoms with Gasteiger partial charge in [0, 0.05) is 12.1 Å². The standard InChI is InChI=1S/C5H2BrFN2O2/c6-5-3(9(10)11)1-2-4(7)8-5/h1-2H. The topological polar surface area (TPSA) is 56.0 Å². The average molecular weight is 221 g/mol. The molecule has 0 atom stereocenters. The van der Waals surface area contributed by atoms with Gasteiger partial charge < -0.3 is 0 Å². The summed E-state index contributed by atoms with van der Waals surface area (Å²) in [6, 6.07) is 1.98. The summed E-state index contributed by atoms with van der Waals surface area (Å²) >= 11 is 2.75. The fourth-order valence-corrected chi connectivity index (χ4v) is 0.987. The van der Waals surface area contributed by atoms with E-state index in [1.165, 1.54) is 0 Å². The molecule has 1 heterocycles. The molecule has 0 bridgehead atoms. The van der Waals surface area contributed by atoms with E-state index in [2.05, 4.69) is 20.9 Å². The van der Waals surface area contributed by atoms with E-state index < -0.39 is 10.9 Å². The molecule has 0 saturated carbocycles. The van der Waals surface area contributed by atoms with Crippen molar-refractivity contribution in [2.45, 2.75) is 0 Å². The van der Waals surface area contributed by atoms with Gasteiger partial charge in [0.25, 0.3) is 0 Å². The van der Waals surface area contributed by atoms with Gasteiger partial charge in [-0.05, 0) is 15.9 Å². The number of pyridine rings is 1. The van der Waals surface area contributed by atoms with Crippen molar-refractivity contribution < 1.29 is 9.31 Å². The second-order valence-electron chi connectivity index (χ2n) is 1.70. The van der Waals surface area contributed by atoms with Crippen LogP contribution in [-0.4, -0.2) is 9.91 Å². The lowest BCUT2D eigenvalue weighted by molar-refractivity contribution is -0.386. The molecule has 0 N–H and O–H groups in total. The molecule has 0 amide bonds. The summed E-state index contributed by atoms with van der Waals surface area (Å²) in [5, 5.41) is 10.1. The quantitative estimate of drug-likeness (QED) is 0.413. The highest BCUT2D eigenvalue weighted by molar-refractivity contribution is 9.10. The normalized spacial score (nSPS) is 9.64. The van der Waals surface area contributed by atoms with Gasteiger partial charge in [-0.3, -0.25) is 10.1 Å². The van der Waals surface area contributed by atoms with Crippen molar-refractivity contribution >= 4 is 21.6 Å². The molecule has 0 aromatic carbocycles. The number of nitro groups is 1. The van der Waals surface area contributed by atoms with Crippen LogP contribution in [0.2, 0.25) is 0 Å². The highest BCUT2D eigenvalue weighted by Gasteiger charge is 2.12. The van der Waals surface area contributed by atoms with Gasteiger partial charge in [-0.25, -0.2) is 4.98 Å². The molecule has 58 valence electrons. The smallest absolute Gasteiger partial charge is 0.258 e. The van der Waals surface area contributed by atoms with Gasteiger partial charge in [0.05, 0.1) is 4.92 Å². The molecular formula is C5H2BrFN2O2. The monoisotopic (exact) mass is 220 g/mol. The van der Waals surface area contributed by atoms with Crippen LogP contribution in [0, 0.1) is 16.1 Å². The van der Waals surface area contributed by atoms with Gasteiger partial charge in [0.1, 0.15) is 0 Å². The van der Waals surface area contributed by atoms with Crippen LogP contribution >= 0.6 is 15.9 Å². The molecule has 11 heavy (non-hydrogen) atoms. The summed E-state index contributed by atoms with van der Waals surface area (Å²) in [4.78, 5) is 12.7. The third-order valence-electron chi connectivity index (χ3n) is 0.992. The Balaban J connectivity index is 3.20. The Morgan fingerprint density at radius 2 is 2.27 bits per heavy atom. The summed E-state index contributed by atoms with van der Waals surface area (Å²) in [6.45, 7) is 0. The molecule has 6 heteroatoms. The van der Waals surface area contributed by atoms with Crippen LogP contribution in [0.1, 0.15) is 0 Å². The Morgan fingerprint density at radius 3 is 2.73 bits per heavy atom. The van der Waals surface area contributed by atoms with Gasteiger partial charge in [0.2, 0.25) is 5.95 Å². The predicted molar refractivity (Wildman–Crippen MR) is 38.5 cm³/mol. The van der Waals surface area contributed by atoms with Crippen molar-refractivity contribution in [3.63, 3.8) is 0 Å². The molecule has 0 aliphatic rings. The lowest BCUT2D eigenvalue weighted by Crippen LogP contribution is -1.92. The van der Waals surface area contributed by atoms with E-state index in [4.69, 9.17) is 0 Å². The van der Waals surface area contributed by atoms with Crippen LogP contribution in [0.25, 0.3) is 0 Å². The van der Waals surface area contributed by atoms with Gasteiger partial charge >= 0.3 is 5.69 Å². The summed E-state index contributed by atoms with van der Waals surface area (Å²) in [7, 11) is 0. The van der Waals surface area contributed by atoms with Crippen LogP contribution in [0.3, 0.4) is 0 Å². The van der Waals surface area contributed by atoms with E-state index in [0.717, 1.165) is 12.1 Å². The Morgan fingerprint density at radius 1 is 1.64 bits per heavy atom. The number of halogens is 2. The lowest BCUT2D eigenvalue weighted by atomic mass is 10.4. The van der Waals surface area contributed by atoms with Gasteiger partial charge in [-0.1, -0.05) is 0 Å². The van der Waals surface area contributed by atoms with Gasteiger partial charge in [-0.15, -0.1) is 0 Å². The largest absolute Gasteiger partial charge is 0.302 e. The zero-order valence-electron chi connectivity index (χ0n) is 5.12. The predicted octanol–water partition coefficient (Wildman–Crippen LogP) is 1.89. The minimum absolute atomic E-state index is 0.0949. The molecule has 0 unspecified atom stereocenters. The molecule has 0 radical (unpaired) electrons. The van der Waals surface area contributed by atoms with E-state index in [-0.39, 0.29) is 10.3 Å². The molecule has 0 saturated heterocycles. The number of nitrogens with zero attached hydrogens (tertiary/aromatic N) is 2. The zero-order valence-corrected chi connectivity index (χ0v) is 6.71. The van der Waals surface area contributed by atoms with Crippen molar-refractivity contribution in [1.29, 1.82) is 0 Å². The van der Waals surface area contributed by atoms with E-state index >= 15 is 0 Å². The average Bonchev–Trinajstić information content (AvgIpc) is 1.85. The molecule has 1 aromatic heterocycles. The molecule has 0 fully saturated rings. The highest BCUT2D eigenvalue weighted by atomic mass is 79.9. The number of aromatic nitrogens is 1. The lowest BCUT2D eigenvalue weighted by Gasteiger charge is -1.92. The molecule has 0 aliphatic heterocycles. The van der Waals surface area contributed by atoms with E-state index in [0.29, 0.717) is 0 Å². The van der Waals surface area contributed by atoms with E-state index in [1.807, 2.05) is 0 Å². The third kappa shape index (κ3) is 1.70. The minimum atomic E-state index is -0.748. The number of rotatable bonds is 1. The van der Waals surface area contributed by atoms with Crippen molar-refractivity contribution in [2.75, 3.05) is 0 Å². The maximum atomic E-state index is 12.2. The fraction of sp³-hybridized carbons (Fsp3) is 0. The Labute approximate surface area is 69.3 Å². The molecule has 1 rings (SSSR count). The van der Waals surface area contributed by atoms with Crippen LogP contribution in [0.5, 0.6) is 0 Å². The third-order valence-corrected chi connectivity index (χ3v) is 1.58. The molecule has 0 aliphatic carbocycles. The van der Waals surface area contributed by atoms with Crippen LogP contribution in [-0.2, 0) is 0 Å². The highest BCUT2D eigenvalue weighted by Crippen LogP contribution is 2.21. The Hall–Kier alpha value is -1.04. The summed E-state index contributed by atoms with van der Waals surface area (Å²) in [5.41, 5.74) is -0.244. The van der Waals surface area contributed by atoms with Crippen molar-refractivity contribution in [3.8, 4) is 0 Å². The maximum absolute atomic E-state index is 12.2. The molecular weight excluding hydrogens is 219 g/mol. The Bertz CT molecular complexity index is 305. The van der Waals surface area contributed by atoms with Crippen molar-refractivity contribution in [1.82, 2.24) is 4.98 Å². The first-order valence-corrected chi connectivity index (χ1v) is 3.37. The number of hydrogen-bond donors (Lipinski definition) is 0. The Kier molecular flexibility index (Phi) is 2.13.